The van der Waals surface area contributed by atoms with Gasteiger partial charge in [-0.1, -0.05) is 11.6 Å². The number of hydrogen-bond donors (Lipinski definition) is 1. The summed E-state index contributed by atoms with van der Waals surface area (Å²) in [6.45, 7) is 1.62. The summed E-state index contributed by atoms with van der Waals surface area (Å²) in [6.07, 6.45) is 0.306. The molecule has 2 rings (SSSR count). The van der Waals surface area contributed by atoms with Crippen molar-refractivity contribution in [2.45, 2.75) is 24.3 Å². The maximum absolute atomic E-state index is 12.6. The van der Waals surface area contributed by atoms with Gasteiger partial charge >= 0.3 is 0 Å². The molecule has 1 aromatic carbocycles. The number of benzene rings is 1. The monoisotopic (exact) mass is 352 g/mol. The Kier molecular flexibility index (Phi) is 4.27. The number of aryl methyl sites for hydroxylation is 1. The molecule has 21 heavy (non-hydrogen) atoms. The highest BCUT2D eigenvalue weighted by atomic mass is 35.5. The van der Waals surface area contributed by atoms with Gasteiger partial charge in [0.05, 0.1) is 27.1 Å². The fourth-order valence-corrected chi connectivity index (χ4v) is 6.07. The third kappa shape index (κ3) is 3.18. The number of rotatable bonds is 3. The molecule has 1 fully saturated rings. The molecule has 0 spiro atoms. The summed E-state index contributed by atoms with van der Waals surface area (Å²) in [5, 5.41) is 0.289. The van der Waals surface area contributed by atoms with Crippen LogP contribution in [0, 0.1) is 6.92 Å². The van der Waals surface area contributed by atoms with Crippen LogP contribution in [0.3, 0.4) is 0 Å². The molecule has 9 heteroatoms. The van der Waals surface area contributed by atoms with Gasteiger partial charge < -0.3 is 5.73 Å². The summed E-state index contributed by atoms with van der Waals surface area (Å²) in [7, 11) is -5.58. The topological polar surface area (TPSA) is 97.5 Å². The molecule has 118 valence electrons. The number of halogens is 1. The Morgan fingerprint density at radius 1 is 1.38 bits per heavy atom. The summed E-state index contributed by atoms with van der Waals surface area (Å²) in [5.41, 5.74) is 6.32. The van der Waals surface area contributed by atoms with Crippen molar-refractivity contribution in [1.29, 1.82) is 0 Å². The molecule has 0 saturated carbocycles. The molecule has 0 radical (unpaired) electrons. The van der Waals surface area contributed by atoms with Crippen LogP contribution in [0.15, 0.2) is 17.0 Å². The third-order valence-electron chi connectivity index (χ3n) is 3.67. The summed E-state index contributed by atoms with van der Waals surface area (Å²) >= 11 is 5.87. The molecule has 0 bridgehead atoms. The van der Waals surface area contributed by atoms with Crippen molar-refractivity contribution in [3.8, 4) is 0 Å². The number of nitrogens with two attached hydrogens (primary N) is 1. The fraction of sp³-hybridized carbons (Fsp3) is 0.500. The van der Waals surface area contributed by atoms with E-state index in [1.165, 1.54) is 19.2 Å². The van der Waals surface area contributed by atoms with Gasteiger partial charge in [0.15, 0.2) is 9.84 Å². The Balaban J connectivity index is 2.41. The number of hydrogen-bond acceptors (Lipinski definition) is 5. The van der Waals surface area contributed by atoms with E-state index < -0.39 is 25.9 Å². The second-order valence-corrected chi connectivity index (χ2v) is 9.82. The van der Waals surface area contributed by atoms with Gasteiger partial charge in [-0.2, -0.15) is 4.31 Å². The highest BCUT2D eigenvalue weighted by molar-refractivity contribution is 7.92. The van der Waals surface area contributed by atoms with E-state index in [0.717, 1.165) is 4.31 Å². The molecular weight excluding hydrogens is 336 g/mol. The zero-order valence-electron chi connectivity index (χ0n) is 11.7. The lowest BCUT2D eigenvalue weighted by Crippen LogP contribution is -2.38. The number of anilines is 1. The van der Waals surface area contributed by atoms with Crippen molar-refractivity contribution >= 4 is 37.1 Å². The molecule has 6 nitrogen and oxygen atoms in total. The van der Waals surface area contributed by atoms with Gasteiger partial charge in [-0.3, -0.25) is 0 Å². The molecule has 1 saturated heterocycles. The Morgan fingerprint density at radius 3 is 2.52 bits per heavy atom. The van der Waals surface area contributed by atoms with E-state index in [0.29, 0.717) is 12.0 Å². The number of sulfone groups is 1. The van der Waals surface area contributed by atoms with Crippen LogP contribution in [-0.2, 0) is 19.9 Å². The first-order valence-electron chi connectivity index (χ1n) is 6.28. The first kappa shape index (κ1) is 16.5. The van der Waals surface area contributed by atoms with Crippen LogP contribution in [0.25, 0.3) is 0 Å². The van der Waals surface area contributed by atoms with E-state index in [1.54, 1.807) is 6.92 Å². The van der Waals surface area contributed by atoms with Gasteiger partial charge in [0, 0.05) is 13.1 Å². The predicted octanol–water partition coefficient (Wildman–Crippen LogP) is 1.04. The average Bonchev–Trinajstić information content (AvgIpc) is 2.73. The van der Waals surface area contributed by atoms with E-state index >= 15 is 0 Å². The smallest absolute Gasteiger partial charge is 0.243 e. The molecule has 0 aliphatic carbocycles. The second-order valence-electron chi connectivity index (χ2n) is 5.22. The van der Waals surface area contributed by atoms with Crippen LogP contribution in [0.2, 0.25) is 5.02 Å². The van der Waals surface area contributed by atoms with E-state index in [1.807, 2.05) is 0 Å². The number of nitrogens with zero attached hydrogens (tertiary/aromatic N) is 1. The van der Waals surface area contributed by atoms with E-state index in [4.69, 9.17) is 17.3 Å². The summed E-state index contributed by atoms with van der Waals surface area (Å²) in [4.78, 5) is 0.0520. The molecule has 0 amide bonds. The fourth-order valence-electron chi connectivity index (χ4n) is 2.36. The Labute approximate surface area is 129 Å². The zero-order chi connectivity index (χ0) is 16.0. The largest absolute Gasteiger partial charge is 0.397 e. The minimum atomic E-state index is -3.81. The lowest BCUT2D eigenvalue weighted by Gasteiger charge is -2.24. The highest BCUT2D eigenvalue weighted by Crippen LogP contribution is 2.30. The van der Waals surface area contributed by atoms with E-state index in [-0.39, 0.29) is 27.1 Å². The van der Waals surface area contributed by atoms with Crippen LogP contribution >= 0.6 is 11.6 Å². The molecule has 0 aromatic heterocycles. The van der Waals surface area contributed by atoms with Gasteiger partial charge in [0.1, 0.15) is 0 Å². The minimum absolute atomic E-state index is 0.0132. The van der Waals surface area contributed by atoms with Gasteiger partial charge in [-0.25, -0.2) is 16.8 Å². The van der Waals surface area contributed by atoms with Gasteiger partial charge in [0.25, 0.3) is 0 Å². The quantitative estimate of drug-likeness (QED) is 0.819. The van der Waals surface area contributed by atoms with Crippen LogP contribution in [0.5, 0.6) is 0 Å². The standard InChI is InChI=1S/C12H17ClN2O4S2/c1-8-5-10(13)11(14)6-12(8)21(18,19)15(2)9-3-4-20(16,17)7-9/h5-6,9H,3-4,7,14H2,1-2H3. The Morgan fingerprint density at radius 2 is 2.00 bits per heavy atom. The normalized spacial score (nSPS) is 21.8. The molecular formula is C12H17ClN2O4S2. The molecule has 1 atom stereocenters. The highest BCUT2D eigenvalue weighted by Gasteiger charge is 2.37. The van der Waals surface area contributed by atoms with Gasteiger partial charge in [-0.05, 0) is 31.0 Å². The van der Waals surface area contributed by atoms with Crippen molar-refractivity contribution < 1.29 is 16.8 Å². The molecule has 1 aromatic rings. The van der Waals surface area contributed by atoms with Crippen molar-refractivity contribution in [3.63, 3.8) is 0 Å². The number of sulfonamides is 1. The summed E-state index contributed by atoms with van der Waals surface area (Å²) in [6, 6.07) is 2.26. The minimum Gasteiger partial charge on any atom is -0.397 e. The molecule has 1 heterocycles. The average molecular weight is 353 g/mol. The zero-order valence-corrected chi connectivity index (χ0v) is 14.1. The van der Waals surface area contributed by atoms with E-state index in [9.17, 15) is 16.8 Å². The number of nitrogen functional groups attached to an aromatic ring is 1. The van der Waals surface area contributed by atoms with Crippen molar-refractivity contribution in [3.05, 3.63) is 22.7 Å². The van der Waals surface area contributed by atoms with Crippen LogP contribution < -0.4 is 5.73 Å². The Bertz CT molecular complexity index is 775. The molecule has 1 unspecified atom stereocenters. The lowest BCUT2D eigenvalue weighted by molar-refractivity contribution is 0.393. The van der Waals surface area contributed by atoms with Gasteiger partial charge in [0.2, 0.25) is 10.0 Å². The predicted molar refractivity (Wildman–Crippen MR) is 82.6 cm³/mol. The van der Waals surface area contributed by atoms with Crippen molar-refractivity contribution in [1.82, 2.24) is 4.31 Å². The SMILES string of the molecule is Cc1cc(Cl)c(N)cc1S(=O)(=O)N(C)C1CCS(=O)(=O)C1. The molecule has 2 N–H and O–H groups in total. The lowest BCUT2D eigenvalue weighted by atomic mass is 10.2. The van der Waals surface area contributed by atoms with E-state index in [2.05, 4.69) is 0 Å². The second kappa shape index (κ2) is 5.42. The maximum Gasteiger partial charge on any atom is 0.243 e. The van der Waals surface area contributed by atoms with Crippen molar-refractivity contribution in [2.24, 2.45) is 0 Å². The summed E-state index contributed by atoms with van der Waals surface area (Å²) < 4.78 is 49.4. The Hall–Kier alpha value is -0.830. The first-order chi connectivity index (χ1) is 9.54. The van der Waals surface area contributed by atoms with Gasteiger partial charge in [-0.15, -0.1) is 0 Å². The third-order valence-corrected chi connectivity index (χ3v) is 7.80. The van der Waals surface area contributed by atoms with Crippen LogP contribution in [0.1, 0.15) is 12.0 Å². The summed E-state index contributed by atoms with van der Waals surface area (Å²) in [5.74, 6) is -0.135. The van der Waals surface area contributed by atoms with Crippen molar-refractivity contribution in [2.75, 3.05) is 24.3 Å². The van der Waals surface area contributed by atoms with Crippen LogP contribution in [-0.4, -0.2) is 45.7 Å². The van der Waals surface area contributed by atoms with Crippen LogP contribution in [0.4, 0.5) is 5.69 Å². The maximum atomic E-state index is 12.6. The molecule has 1 aliphatic heterocycles. The first-order valence-corrected chi connectivity index (χ1v) is 9.92. The molecule has 1 aliphatic rings.